The van der Waals surface area contributed by atoms with E-state index in [2.05, 4.69) is 80.5 Å². The highest BCUT2D eigenvalue weighted by Crippen LogP contribution is 2.33. The number of carbonyl (C=O) groups excluding carboxylic acids is 1. The lowest BCUT2D eigenvalue weighted by Crippen LogP contribution is -2.59. The molecule has 0 aromatic rings. The largest absolute Gasteiger partial charge is 0.492 e. The smallest absolute Gasteiger partial charge is 0.393 e. The lowest BCUT2D eigenvalue weighted by atomic mass is 10.3. The Morgan fingerprint density at radius 1 is 0.867 bits per heavy atom. The van der Waals surface area contributed by atoms with Gasteiger partial charge in [-0.05, 0) is 57.2 Å². The molecule has 0 aromatic heterocycles. The van der Waals surface area contributed by atoms with Gasteiger partial charge in [-0.3, -0.25) is 0 Å². The van der Waals surface area contributed by atoms with E-state index >= 15 is 0 Å². The molecule has 0 rings (SSSR count). The van der Waals surface area contributed by atoms with Gasteiger partial charge >= 0.3 is 31.7 Å². The maximum Gasteiger partial charge on any atom is 0.393 e. The second-order valence-corrected chi connectivity index (χ2v) is 25.6. The molecule has 0 atom stereocenters. The van der Waals surface area contributed by atoms with Crippen LogP contribution in [0.25, 0.3) is 0 Å². The van der Waals surface area contributed by atoms with Crippen LogP contribution >= 0.6 is 0 Å². The molecule has 0 aromatic carbocycles. The third-order valence-electron chi connectivity index (χ3n) is 4.47. The molecule has 0 aliphatic heterocycles. The van der Waals surface area contributed by atoms with Crippen molar-refractivity contribution in [3.63, 3.8) is 0 Å². The Labute approximate surface area is 190 Å². The van der Waals surface area contributed by atoms with Gasteiger partial charge in [0.2, 0.25) is 0 Å². The zero-order valence-corrected chi connectivity index (χ0v) is 25.5. The highest BCUT2D eigenvalue weighted by atomic mass is 28.5. The first-order valence-corrected chi connectivity index (χ1v) is 22.4. The van der Waals surface area contributed by atoms with Crippen molar-refractivity contribution in [1.82, 2.24) is 0 Å². The van der Waals surface area contributed by atoms with Gasteiger partial charge in [-0.25, -0.2) is 4.79 Å². The van der Waals surface area contributed by atoms with E-state index in [1.54, 1.807) is 0 Å². The first kappa shape index (κ1) is 30.0. The van der Waals surface area contributed by atoms with Gasteiger partial charge in [0.05, 0.1) is 0 Å². The Kier molecular flexibility index (Phi) is 12.2. The number of carbonyl (C=O) groups is 1. The maximum atomic E-state index is 12.2. The standard InChI is InChI=1S/C21H48O5Si4/c1-13-15-16-27(7,8)24-28(9,10)25-29(11,12)26-30(17-19(3)4,18-20(5)6)23-21(22)14-2/h14,19-20H,2,13,15-18H2,1,3-12H3. The van der Waals surface area contributed by atoms with E-state index < -0.39 is 40.0 Å². The van der Waals surface area contributed by atoms with E-state index in [4.69, 9.17) is 16.8 Å². The van der Waals surface area contributed by atoms with Crippen LogP contribution in [-0.2, 0) is 21.6 Å². The highest BCUT2D eigenvalue weighted by molar-refractivity contribution is 6.89. The minimum atomic E-state index is -2.83. The van der Waals surface area contributed by atoms with Gasteiger partial charge in [-0.2, -0.15) is 0 Å². The summed E-state index contributed by atoms with van der Waals surface area (Å²) < 4.78 is 26.1. The van der Waals surface area contributed by atoms with Crippen LogP contribution in [0.2, 0.25) is 57.4 Å². The topological polar surface area (TPSA) is 54.0 Å². The fraction of sp³-hybridized carbons (Fsp3) is 0.857. The van der Waals surface area contributed by atoms with Gasteiger partial charge in [0.15, 0.2) is 8.32 Å². The van der Waals surface area contributed by atoms with Crippen LogP contribution in [0.5, 0.6) is 0 Å². The average Bonchev–Trinajstić information content (AvgIpc) is 2.47. The Morgan fingerprint density at radius 2 is 1.33 bits per heavy atom. The molecule has 0 N–H and O–H groups in total. The molecule has 30 heavy (non-hydrogen) atoms. The lowest BCUT2D eigenvalue weighted by molar-refractivity contribution is -0.130. The van der Waals surface area contributed by atoms with Crippen molar-refractivity contribution in [3.05, 3.63) is 12.7 Å². The van der Waals surface area contributed by atoms with E-state index in [-0.39, 0.29) is 0 Å². The van der Waals surface area contributed by atoms with Crippen LogP contribution in [0.4, 0.5) is 0 Å². The number of hydrogen-bond donors (Lipinski definition) is 0. The monoisotopic (exact) mass is 492 g/mol. The van der Waals surface area contributed by atoms with Crippen molar-refractivity contribution < 1.29 is 21.6 Å². The summed E-state index contributed by atoms with van der Waals surface area (Å²) in [5, 5.41) is 0. The first-order valence-electron chi connectivity index (χ1n) is 11.4. The lowest BCUT2D eigenvalue weighted by Gasteiger charge is -2.42. The van der Waals surface area contributed by atoms with Gasteiger partial charge in [0, 0.05) is 18.2 Å². The Balaban J connectivity index is 5.65. The maximum absolute atomic E-state index is 12.2. The van der Waals surface area contributed by atoms with E-state index in [1.165, 1.54) is 18.9 Å². The third kappa shape index (κ3) is 12.7. The molecule has 0 saturated carbocycles. The zero-order chi connectivity index (χ0) is 23.8. The molecule has 0 spiro atoms. The van der Waals surface area contributed by atoms with Crippen molar-refractivity contribution in [3.8, 4) is 0 Å². The van der Waals surface area contributed by atoms with E-state index in [0.29, 0.717) is 11.8 Å². The molecule has 0 fully saturated rings. The first-order chi connectivity index (χ1) is 13.5. The quantitative estimate of drug-likeness (QED) is 0.183. The summed E-state index contributed by atoms with van der Waals surface area (Å²) in [6.45, 7) is 27.3. The predicted octanol–water partition coefficient (Wildman–Crippen LogP) is 6.93. The second kappa shape index (κ2) is 12.3. The van der Waals surface area contributed by atoms with Crippen molar-refractivity contribution in [2.24, 2.45) is 11.8 Å². The predicted molar refractivity (Wildman–Crippen MR) is 137 cm³/mol. The molecule has 0 aliphatic carbocycles. The van der Waals surface area contributed by atoms with Crippen LogP contribution in [0, 0.1) is 11.8 Å². The molecule has 0 bridgehead atoms. The molecule has 5 nitrogen and oxygen atoms in total. The third-order valence-corrected chi connectivity index (χ3v) is 21.0. The molecule has 178 valence electrons. The van der Waals surface area contributed by atoms with Crippen LogP contribution in [0.3, 0.4) is 0 Å². The fourth-order valence-corrected chi connectivity index (χ4v) is 24.6. The van der Waals surface area contributed by atoms with Gasteiger partial charge in [-0.1, -0.05) is 54.0 Å². The van der Waals surface area contributed by atoms with Crippen LogP contribution in [0.1, 0.15) is 47.5 Å². The Morgan fingerprint density at radius 3 is 1.73 bits per heavy atom. The minimum absolute atomic E-state index is 0.361. The van der Waals surface area contributed by atoms with Gasteiger partial charge in [0.1, 0.15) is 0 Å². The summed E-state index contributed by atoms with van der Waals surface area (Å²) in [5.74, 6) is 0.327. The average molecular weight is 493 g/mol. The number of unbranched alkanes of at least 4 members (excludes halogenated alkanes) is 1. The molecule has 0 heterocycles. The minimum Gasteiger partial charge on any atom is -0.492 e. The molecule has 0 radical (unpaired) electrons. The van der Waals surface area contributed by atoms with Crippen molar-refractivity contribution >= 4 is 40.0 Å². The van der Waals surface area contributed by atoms with E-state index in [1.807, 2.05) is 0 Å². The zero-order valence-electron chi connectivity index (χ0n) is 21.5. The van der Waals surface area contributed by atoms with Gasteiger partial charge in [0.25, 0.3) is 0 Å². The van der Waals surface area contributed by atoms with Crippen molar-refractivity contribution in [2.75, 3.05) is 0 Å². The molecule has 9 heteroatoms. The van der Waals surface area contributed by atoms with Crippen molar-refractivity contribution in [2.45, 2.75) is 105 Å². The summed E-state index contributed by atoms with van der Waals surface area (Å²) in [6.07, 6.45) is 3.61. The van der Waals surface area contributed by atoms with Crippen molar-refractivity contribution in [1.29, 1.82) is 0 Å². The van der Waals surface area contributed by atoms with E-state index in [0.717, 1.165) is 18.1 Å². The van der Waals surface area contributed by atoms with Crippen LogP contribution < -0.4 is 0 Å². The normalized spacial score (nSPS) is 13.8. The molecule has 0 amide bonds. The number of hydrogen-bond acceptors (Lipinski definition) is 5. The van der Waals surface area contributed by atoms with Crippen LogP contribution in [-0.4, -0.2) is 40.0 Å². The summed E-state index contributed by atoms with van der Waals surface area (Å²) in [4.78, 5) is 12.2. The summed E-state index contributed by atoms with van der Waals surface area (Å²) >= 11 is 0. The molecule has 0 aliphatic rings. The molecular formula is C21H48O5Si4. The highest BCUT2D eigenvalue weighted by Gasteiger charge is 2.50. The number of rotatable bonds is 15. The Bertz CT molecular complexity index is 538. The molecule has 0 saturated heterocycles. The summed E-state index contributed by atoms with van der Waals surface area (Å²) in [6, 6.07) is 2.65. The fourth-order valence-electron chi connectivity index (χ4n) is 4.14. The summed E-state index contributed by atoms with van der Waals surface area (Å²) in [5.41, 5.74) is 0. The molecule has 0 unspecified atom stereocenters. The van der Waals surface area contributed by atoms with Gasteiger partial charge < -0.3 is 16.8 Å². The SMILES string of the molecule is C=CC(=O)O[Si](CC(C)C)(CC(C)C)O[Si](C)(C)O[Si](C)(C)O[Si](C)(C)CCCC. The summed E-state index contributed by atoms with van der Waals surface area (Å²) in [7, 11) is -9.61. The van der Waals surface area contributed by atoms with Crippen LogP contribution in [0.15, 0.2) is 12.7 Å². The second-order valence-electron chi connectivity index (χ2n) is 10.7. The Hall–Kier alpha value is -0.0425. The molecular weight excluding hydrogens is 445 g/mol. The van der Waals surface area contributed by atoms with Gasteiger partial charge in [-0.15, -0.1) is 0 Å². The van der Waals surface area contributed by atoms with E-state index in [9.17, 15) is 4.79 Å².